The zero-order valence-corrected chi connectivity index (χ0v) is 27.2. The summed E-state index contributed by atoms with van der Waals surface area (Å²) in [5.74, 6) is -1.77. The third-order valence-electron chi connectivity index (χ3n) is 7.99. The molecule has 46 heavy (non-hydrogen) atoms. The Bertz CT molecular complexity index is 1580. The van der Waals surface area contributed by atoms with Crippen molar-refractivity contribution in [2.45, 2.75) is 70.3 Å². The predicted octanol–water partition coefficient (Wildman–Crippen LogP) is 7.81. The lowest BCUT2D eigenvalue weighted by atomic mass is 9.81. The Morgan fingerprint density at radius 3 is 1.98 bits per heavy atom. The van der Waals surface area contributed by atoms with Crippen LogP contribution < -0.4 is 9.99 Å². The monoisotopic (exact) mass is 673 g/mol. The molecule has 0 spiro atoms. The first-order valence-electron chi connectivity index (χ1n) is 14.1. The number of amides is 1. The van der Waals surface area contributed by atoms with Crippen LogP contribution in [0.25, 0.3) is 11.1 Å². The van der Waals surface area contributed by atoms with E-state index < -0.39 is 57.7 Å². The molecule has 1 aromatic heterocycles. The summed E-state index contributed by atoms with van der Waals surface area (Å²) >= 11 is 0. The van der Waals surface area contributed by atoms with E-state index in [2.05, 4.69) is 19.5 Å². The average molecular weight is 674 g/mol. The smallest absolute Gasteiger partial charge is 0.416 e. The number of aryl methyl sites for hydroxylation is 2. The molecule has 2 atom stereocenters. The van der Waals surface area contributed by atoms with E-state index in [4.69, 9.17) is 4.74 Å². The highest BCUT2D eigenvalue weighted by Gasteiger charge is 2.41. The van der Waals surface area contributed by atoms with Gasteiger partial charge in [0.1, 0.15) is 11.4 Å². The number of hydrogen-bond acceptors (Lipinski definition) is 5. The van der Waals surface area contributed by atoms with E-state index in [0.717, 1.165) is 4.90 Å². The van der Waals surface area contributed by atoms with Gasteiger partial charge < -0.3 is 9.64 Å². The van der Waals surface area contributed by atoms with Crippen LogP contribution in [-0.4, -0.2) is 36.6 Å². The van der Waals surface area contributed by atoms with Gasteiger partial charge in [0.2, 0.25) is 5.91 Å². The standard InChI is InChI=1S/C32H35F7N3O3P/c1-18-12-22(33)9-10-24(18)25-16-23(8-7-11-30(4,41-46)28(44)45-6)40-17-26(25)42(5)27(43)29(2,3)19-13-20(31(34,35)36)15-21(14-19)32(37,38)39/h9-10,12-17,41H,7-8,11,46H2,1-6H3. The Morgan fingerprint density at radius 2 is 1.48 bits per heavy atom. The van der Waals surface area contributed by atoms with Gasteiger partial charge in [0.15, 0.2) is 0 Å². The largest absolute Gasteiger partial charge is 0.468 e. The van der Waals surface area contributed by atoms with Crippen molar-refractivity contribution in [1.29, 1.82) is 0 Å². The fourth-order valence-electron chi connectivity index (χ4n) is 5.09. The van der Waals surface area contributed by atoms with Crippen LogP contribution in [-0.2, 0) is 38.5 Å². The summed E-state index contributed by atoms with van der Waals surface area (Å²) in [4.78, 5) is 31.7. The molecule has 0 aliphatic carbocycles. The minimum atomic E-state index is -5.09. The van der Waals surface area contributed by atoms with Crippen LogP contribution in [0.3, 0.4) is 0 Å². The number of benzene rings is 2. The molecule has 0 fully saturated rings. The number of likely N-dealkylation sites (N-methyl/N-ethyl adjacent to an activating group) is 1. The second-order valence-corrected chi connectivity index (χ2v) is 12.0. The summed E-state index contributed by atoms with van der Waals surface area (Å²) in [5.41, 5.74) is -4.14. The van der Waals surface area contributed by atoms with Crippen LogP contribution in [0.1, 0.15) is 61.6 Å². The quantitative estimate of drug-likeness (QED) is 0.135. The molecule has 3 aromatic rings. The summed E-state index contributed by atoms with van der Waals surface area (Å²) < 4.78 is 100. The number of nitrogens with zero attached hydrogens (tertiary/aromatic N) is 2. The van der Waals surface area contributed by atoms with Gasteiger partial charge in [-0.1, -0.05) is 15.5 Å². The van der Waals surface area contributed by atoms with Crippen molar-refractivity contribution in [2.24, 2.45) is 0 Å². The topological polar surface area (TPSA) is 71.5 Å². The molecule has 14 heteroatoms. The number of hydrogen-bond donors (Lipinski definition) is 1. The number of pyridine rings is 1. The van der Waals surface area contributed by atoms with Crippen molar-refractivity contribution in [3.05, 3.63) is 82.4 Å². The number of carbonyl (C=O) groups excluding carboxylic acids is 2. The number of alkyl halides is 6. The lowest BCUT2D eigenvalue weighted by Gasteiger charge is -2.32. The number of anilines is 1. The average Bonchev–Trinajstić information content (AvgIpc) is 2.98. The maximum absolute atomic E-state index is 14.0. The number of aromatic nitrogens is 1. The first-order valence-corrected chi connectivity index (χ1v) is 14.6. The zero-order valence-electron chi connectivity index (χ0n) is 26.1. The molecule has 1 N–H and O–H groups in total. The van der Waals surface area contributed by atoms with E-state index in [1.165, 1.54) is 52.4 Å². The molecule has 2 aromatic carbocycles. The van der Waals surface area contributed by atoms with E-state index in [1.807, 2.05) is 0 Å². The molecule has 0 saturated heterocycles. The number of ether oxygens (including phenoxy) is 1. The number of methoxy groups -OCH3 is 1. The molecule has 0 saturated carbocycles. The molecule has 1 amide bonds. The van der Waals surface area contributed by atoms with Gasteiger partial charge in [0.25, 0.3) is 0 Å². The summed E-state index contributed by atoms with van der Waals surface area (Å²) in [6.07, 6.45) is -7.55. The van der Waals surface area contributed by atoms with Crippen LogP contribution in [0, 0.1) is 12.7 Å². The summed E-state index contributed by atoms with van der Waals surface area (Å²) in [5, 5.41) is 2.87. The normalized spacial score (nSPS) is 13.7. The molecule has 6 nitrogen and oxygen atoms in total. The number of carbonyl (C=O) groups is 2. The van der Waals surface area contributed by atoms with Crippen molar-refractivity contribution >= 4 is 27.0 Å². The van der Waals surface area contributed by atoms with Gasteiger partial charge in [0, 0.05) is 18.3 Å². The number of nitrogens with one attached hydrogen (secondary N) is 1. The van der Waals surface area contributed by atoms with Crippen LogP contribution in [0.4, 0.5) is 36.4 Å². The number of halogens is 7. The maximum atomic E-state index is 14.0. The minimum absolute atomic E-state index is 0.00893. The van der Waals surface area contributed by atoms with E-state index in [1.54, 1.807) is 19.9 Å². The Kier molecular flexibility index (Phi) is 10.9. The predicted molar refractivity (Wildman–Crippen MR) is 163 cm³/mol. The molecule has 3 rings (SSSR count). The van der Waals surface area contributed by atoms with Crippen molar-refractivity contribution in [3.8, 4) is 11.1 Å². The van der Waals surface area contributed by atoms with Gasteiger partial charge in [-0.3, -0.25) is 19.7 Å². The highest BCUT2D eigenvalue weighted by atomic mass is 31.0. The fourth-order valence-corrected chi connectivity index (χ4v) is 5.35. The summed E-state index contributed by atoms with van der Waals surface area (Å²) in [6.45, 7) is 5.82. The van der Waals surface area contributed by atoms with Gasteiger partial charge in [0.05, 0.1) is 35.5 Å². The summed E-state index contributed by atoms with van der Waals surface area (Å²) in [7, 11) is 4.91. The lowest BCUT2D eigenvalue weighted by Crippen LogP contribution is -2.45. The van der Waals surface area contributed by atoms with Crippen molar-refractivity contribution in [2.75, 3.05) is 19.1 Å². The van der Waals surface area contributed by atoms with E-state index in [-0.39, 0.29) is 11.8 Å². The van der Waals surface area contributed by atoms with Crippen LogP contribution in [0.15, 0.2) is 48.7 Å². The Morgan fingerprint density at radius 1 is 0.913 bits per heavy atom. The zero-order chi connectivity index (χ0) is 34.8. The Labute approximate surface area is 265 Å². The molecule has 250 valence electrons. The molecule has 0 aliphatic rings. The molecule has 1 heterocycles. The minimum Gasteiger partial charge on any atom is -0.468 e. The lowest BCUT2D eigenvalue weighted by molar-refractivity contribution is -0.147. The first kappa shape index (κ1) is 36.9. The van der Waals surface area contributed by atoms with Crippen molar-refractivity contribution in [3.63, 3.8) is 0 Å². The fraction of sp³-hybridized carbons (Fsp3) is 0.406. The van der Waals surface area contributed by atoms with Crippen LogP contribution in [0.5, 0.6) is 0 Å². The molecule has 2 unspecified atom stereocenters. The van der Waals surface area contributed by atoms with E-state index in [0.29, 0.717) is 53.8 Å². The molecule has 0 aliphatic heterocycles. The first-order chi connectivity index (χ1) is 21.2. The maximum Gasteiger partial charge on any atom is 0.416 e. The number of rotatable bonds is 10. The third-order valence-corrected chi connectivity index (χ3v) is 8.63. The molecule has 0 bridgehead atoms. The second kappa shape index (κ2) is 13.7. The van der Waals surface area contributed by atoms with Gasteiger partial charge in [-0.2, -0.15) is 26.3 Å². The number of esters is 1. The molecule has 0 radical (unpaired) electrons. The Hall–Kier alpha value is -3.57. The Balaban J connectivity index is 2.08. The van der Waals surface area contributed by atoms with Gasteiger partial charge in [-0.05, 0) is 100 Å². The van der Waals surface area contributed by atoms with Crippen molar-refractivity contribution < 1.29 is 45.1 Å². The molecular formula is C32H35F7N3O3P. The van der Waals surface area contributed by atoms with Crippen LogP contribution in [0.2, 0.25) is 0 Å². The highest BCUT2D eigenvalue weighted by molar-refractivity contribution is 7.13. The van der Waals surface area contributed by atoms with Gasteiger partial charge in [-0.25, -0.2) is 4.39 Å². The van der Waals surface area contributed by atoms with Crippen molar-refractivity contribution in [1.82, 2.24) is 10.1 Å². The van der Waals surface area contributed by atoms with E-state index >= 15 is 0 Å². The summed E-state index contributed by atoms with van der Waals surface area (Å²) in [6, 6.07) is 6.80. The van der Waals surface area contributed by atoms with Gasteiger partial charge >= 0.3 is 18.3 Å². The van der Waals surface area contributed by atoms with Gasteiger partial charge in [-0.15, -0.1) is 0 Å². The third kappa shape index (κ3) is 8.04. The molecular weight excluding hydrogens is 638 g/mol. The SMILES string of the molecule is COC(=O)C(C)(CCCc1cc(-c2ccc(F)cc2C)c(N(C)C(=O)C(C)(C)c2cc(C(F)(F)F)cc(C(F)(F)F)c2)cn1)NP. The highest BCUT2D eigenvalue weighted by Crippen LogP contribution is 2.41. The van der Waals surface area contributed by atoms with E-state index in [9.17, 15) is 40.3 Å². The second-order valence-electron chi connectivity index (χ2n) is 11.8. The van der Waals surface area contributed by atoms with Crippen LogP contribution >= 0.6 is 9.39 Å².